The Labute approximate surface area is 200 Å². The van der Waals surface area contributed by atoms with Gasteiger partial charge in [-0.2, -0.15) is 9.30 Å². The SMILES string of the molecule is Cc1ccc(Cn2ccccc2=NC(=O)CCc2ccc(S(=O)(=O)N3CCOCC3)cc2)cc1. The number of amides is 1. The highest BCUT2D eigenvalue weighted by atomic mass is 32.2. The minimum Gasteiger partial charge on any atom is -0.379 e. The molecular formula is C26H29N3O4S. The molecule has 178 valence electrons. The van der Waals surface area contributed by atoms with Crippen molar-refractivity contribution in [2.24, 2.45) is 4.99 Å². The van der Waals surface area contributed by atoms with Crippen molar-refractivity contribution in [2.45, 2.75) is 31.2 Å². The molecule has 0 aliphatic carbocycles. The monoisotopic (exact) mass is 479 g/mol. The van der Waals surface area contributed by atoms with E-state index in [1.54, 1.807) is 24.3 Å². The highest BCUT2D eigenvalue weighted by Crippen LogP contribution is 2.18. The molecule has 1 aromatic heterocycles. The number of morpholine rings is 1. The van der Waals surface area contributed by atoms with Crippen molar-refractivity contribution >= 4 is 15.9 Å². The molecule has 0 unspecified atom stereocenters. The average molecular weight is 480 g/mol. The fourth-order valence-corrected chi connectivity index (χ4v) is 5.20. The average Bonchev–Trinajstić information content (AvgIpc) is 2.86. The molecule has 0 bridgehead atoms. The van der Waals surface area contributed by atoms with Crippen LogP contribution in [0.5, 0.6) is 0 Å². The third-order valence-electron chi connectivity index (χ3n) is 5.79. The number of aromatic nitrogens is 1. The van der Waals surface area contributed by atoms with Crippen molar-refractivity contribution in [2.75, 3.05) is 26.3 Å². The van der Waals surface area contributed by atoms with Crippen LogP contribution >= 0.6 is 0 Å². The summed E-state index contributed by atoms with van der Waals surface area (Å²) in [7, 11) is -3.52. The molecule has 0 radical (unpaired) electrons. The van der Waals surface area contributed by atoms with Crippen LogP contribution in [0.2, 0.25) is 0 Å². The number of carbonyl (C=O) groups excluding carboxylic acids is 1. The van der Waals surface area contributed by atoms with E-state index in [1.807, 2.05) is 29.0 Å². The van der Waals surface area contributed by atoms with Crippen LogP contribution in [-0.2, 0) is 32.5 Å². The number of aryl methyl sites for hydroxylation is 2. The maximum atomic E-state index is 12.7. The van der Waals surface area contributed by atoms with Crippen LogP contribution in [-0.4, -0.2) is 49.5 Å². The molecule has 1 aliphatic rings. The zero-order chi connectivity index (χ0) is 24.0. The fraction of sp³-hybridized carbons (Fsp3) is 0.308. The van der Waals surface area contributed by atoms with Gasteiger partial charge in [-0.3, -0.25) is 4.79 Å². The van der Waals surface area contributed by atoms with Gasteiger partial charge in [0.25, 0.3) is 0 Å². The summed E-state index contributed by atoms with van der Waals surface area (Å²) in [6, 6.07) is 20.6. The molecule has 34 heavy (non-hydrogen) atoms. The van der Waals surface area contributed by atoms with Gasteiger partial charge in [0.05, 0.1) is 18.1 Å². The first-order chi connectivity index (χ1) is 16.4. The van der Waals surface area contributed by atoms with Gasteiger partial charge in [-0.25, -0.2) is 8.42 Å². The normalized spacial score (nSPS) is 15.4. The number of ether oxygens (including phenoxy) is 1. The van der Waals surface area contributed by atoms with Gasteiger partial charge in [0.1, 0.15) is 5.49 Å². The summed E-state index contributed by atoms with van der Waals surface area (Å²) in [5.74, 6) is -0.214. The molecule has 8 heteroatoms. The molecule has 0 saturated carbocycles. The Bertz CT molecular complexity index is 1290. The van der Waals surface area contributed by atoms with Crippen molar-refractivity contribution in [3.63, 3.8) is 0 Å². The van der Waals surface area contributed by atoms with Gasteiger partial charge < -0.3 is 9.30 Å². The molecule has 3 aromatic rings. The maximum Gasteiger partial charge on any atom is 0.247 e. The lowest BCUT2D eigenvalue weighted by Gasteiger charge is -2.26. The smallest absolute Gasteiger partial charge is 0.247 e. The van der Waals surface area contributed by atoms with Crippen LogP contribution in [0.15, 0.2) is 82.8 Å². The van der Waals surface area contributed by atoms with Crippen molar-refractivity contribution in [1.29, 1.82) is 0 Å². The molecule has 0 N–H and O–H groups in total. The Balaban J connectivity index is 1.40. The van der Waals surface area contributed by atoms with Crippen LogP contribution in [0.4, 0.5) is 0 Å². The Hall–Kier alpha value is -3.07. The van der Waals surface area contributed by atoms with E-state index in [1.165, 1.54) is 9.87 Å². The molecule has 0 spiro atoms. The van der Waals surface area contributed by atoms with Crippen LogP contribution in [0, 0.1) is 6.92 Å². The number of carbonyl (C=O) groups is 1. The highest BCUT2D eigenvalue weighted by Gasteiger charge is 2.26. The first-order valence-electron chi connectivity index (χ1n) is 11.4. The number of benzene rings is 2. The van der Waals surface area contributed by atoms with Gasteiger partial charge >= 0.3 is 0 Å². The molecule has 1 saturated heterocycles. The minimum atomic E-state index is -3.52. The lowest BCUT2D eigenvalue weighted by atomic mass is 10.1. The summed E-state index contributed by atoms with van der Waals surface area (Å²) in [5, 5.41) is 0. The first-order valence-corrected chi connectivity index (χ1v) is 12.8. The summed E-state index contributed by atoms with van der Waals surface area (Å²) >= 11 is 0. The Morgan fingerprint density at radius 1 is 0.941 bits per heavy atom. The van der Waals surface area contributed by atoms with E-state index in [4.69, 9.17) is 4.74 Å². The third-order valence-corrected chi connectivity index (χ3v) is 7.70. The third kappa shape index (κ3) is 6.08. The number of nitrogens with zero attached hydrogens (tertiary/aromatic N) is 3. The van der Waals surface area contributed by atoms with Crippen molar-refractivity contribution in [3.8, 4) is 0 Å². The van der Waals surface area contributed by atoms with E-state index in [0.29, 0.717) is 44.8 Å². The van der Waals surface area contributed by atoms with Crippen LogP contribution in [0.25, 0.3) is 0 Å². The topological polar surface area (TPSA) is 81.0 Å². The molecule has 2 aromatic carbocycles. The molecular weight excluding hydrogens is 450 g/mol. The van der Waals surface area contributed by atoms with Crippen LogP contribution in [0.3, 0.4) is 0 Å². The lowest BCUT2D eigenvalue weighted by Crippen LogP contribution is -2.40. The fourth-order valence-electron chi connectivity index (χ4n) is 3.79. The molecule has 2 heterocycles. The molecule has 0 atom stereocenters. The van der Waals surface area contributed by atoms with E-state index >= 15 is 0 Å². The number of hydrogen-bond acceptors (Lipinski definition) is 4. The van der Waals surface area contributed by atoms with Crippen LogP contribution < -0.4 is 5.49 Å². The van der Waals surface area contributed by atoms with Crippen LogP contribution in [0.1, 0.15) is 23.1 Å². The number of hydrogen-bond donors (Lipinski definition) is 0. The summed E-state index contributed by atoms with van der Waals surface area (Å²) in [5.41, 5.74) is 3.84. The maximum absolute atomic E-state index is 12.7. The largest absolute Gasteiger partial charge is 0.379 e. The molecule has 7 nitrogen and oxygen atoms in total. The van der Waals surface area contributed by atoms with Gasteiger partial charge in [-0.15, -0.1) is 0 Å². The summed E-state index contributed by atoms with van der Waals surface area (Å²) < 4.78 is 34.1. The van der Waals surface area contributed by atoms with E-state index in [2.05, 4.69) is 36.2 Å². The van der Waals surface area contributed by atoms with Crippen molar-refractivity contribution < 1.29 is 17.9 Å². The second kappa shape index (κ2) is 10.9. The van der Waals surface area contributed by atoms with E-state index in [-0.39, 0.29) is 17.2 Å². The zero-order valence-corrected chi connectivity index (χ0v) is 20.1. The van der Waals surface area contributed by atoms with Gasteiger partial charge in [-0.05, 0) is 48.7 Å². The van der Waals surface area contributed by atoms with Gasteiger partial charge in [0, 0.05) is 32.3 Å². The summed E-state index contributed by atoms with van der Waals surface area (Å²) in [4.78, 5) is 17.1. The first kappa shape index (κ1) is 24.1. The molecule has 1 fully saturated rings. The lowest BCUT2D eigenvalue weighted by molar-refractivity contribution is -0.118. The second-order valence-corrected chi connectivity index (χ2v) is 10.3. The predicted molar refractivity (Wildman–Crippen MR) is 130 cm³/mol. The number of rotatable bonds is 7. The predicted octanol–water partition coefficient (Wildman–Crippen LogP) is 2.93. The van der Waals surface area contributed by atoms with Crippen molar-refractivity contribution in [1.82, 2.24) is 8.87 Å². The zero-order valence-electron chi connectivity index (χ0n) is 19.3. The number of sulfonamides is 1. The standard InChI is InChI=1S/C26H29N3O4S/c1-21-5-7-23(8-6-21)20-28-15-3-2-4-25(28)27-26(30)14-11-22-9-12-24(13-10-22)34(31,32)29-16-18-33-19-17-29/h2-10,12-13,15H,11,14,16-20H2,1H3. The minimum absolute atomic E-state index is 0.214. The Morgan fingerprint density at radius 2 is 1.62 bits per heavy atom. The van der Waals surface area contributed by atoms with Gasteiger partial charge in [0.2, 0.25) is 15.9 Å². The van der Waals surface area contributed by atoms with Gasteiger partial charge in [0.15, 0.2) is 0 Å². The molecule has 1 amide bonds. The van der Waals surface area contributed by atoms with E-state index in [9.17, 15) is 13.2 Å². The van der Waals surface area contributed by atoms with Crippen molar-refractivity contribution in [3.05, 3.63) is 95.1 Å². The summed E-state index contributed by atoms with van der Waals surface area (Å²) in [6.45, 7) is 4.24. The van der Waals surface area contributed by atoms with E-state index < -0.39 is 10.0 Å². The van der Waals surface area contributed by atoms with E-state index in [0.717, 1.165) is 11.1 Å². The summed E-state index contributed by atoms with van der Waals surface area (Å²) in [6.07, 6.45) is 2.65. The van der Waals surface area contributed by atoms with Gasteiger partial charge in [-0.1, -0.05) is 48.0 Å². The number of pyridine rings is 1. The second-order valence-electron chi connectivity index (χ2n) is 8.34. The Morgan fingerprint density at radius 3 is 2.32 bits per heavy atom. The molecule has 4 rings (SSSR count). The molecule has 1 aliphatic heterocycles. The highest BCUT2D eigenvalue weighted by molar-refractivity contribution is 7.89. The Kier molecular flexibility index (Phi) is 7.72. The quantitative estimate of drug-likeness (QED) is 0.522.